The third-order valence-corrected chi connectivity index (χ3v) is 6.32. The molecule has 1 fully saturated rings. The maximum absolute atomic E-state index is 12.7. The van der Waals surface area contributed by atoms with Crippen molar-refractivity contribution >= 4 is 27.5 Å². The van der Waals surface area contributed by atoms with E-state index in [4.69, 9.17) is 9.72 Å². The number of benzene rings is 1. The van der Waals surface area contributed by atoms with E-state index in [9.17, 15) is 13.2 Å². The van der Waals surface area contributed by atoms with E-state index in [-0.39, 0.29) is 18.2 Å². The first-order chi connectivity index (χ1) is 13.7. The summed E-state index contributed by atoms with van der Waals surface area (Å²) in [7, 11) is -3.40. The highest BCUT2D eigenvalue weighted by Gasteiger charge is 2.37. The molecular formula is C20H27N3O4S2. The van der Waals surface area contributed by atoms with Crippen molar-refractivity contribution in [1.29, 1.82) is 0 Å². The fraction of sp³-hybridized carbons (Fsp3) is 0.500. The molecule has 0 saturated carbocycles. The zero-order valence-corrected chi connectivity index (χ0v) is 18.5. The molecule has 2 heterocycles. The number of sulfonamides is 1. The molecule has 7 nitrogen and oxygen atoms in total. The standard InChI is InChI=1S/C20H27N3O4S2/c1-14(2)27-20(24)23-11-7-10-16(22-29(3,25)26)18(23)12-19-21-17(13-28-19)15-8-5-4-6-9-15/h4-6,8-9,13-14,16,18,22H,7,10-12H2,1-3H3/t16-,18-/m1/s1. The largest absolute Gasteiger partial charge is 0.447 e. The van der Waals surface area contributed by atoms with Gasteiger partial charge in [-0.3, -0.25) is 0 Å². The number of piperidine rings is 1. The van der Waals surface area contributed by atoms with Crippen LogP contribution in [-0.4, -0.2) is 55.4 Å². The van der Waals surface area contributed by atoms with E-state index in [1.807, 2.05) is 35.7 Å². The summed E-state index contributed by atoms with van der Waals surface area (Å²) < 4.78 is 31.9. The molecule has 0 unspecified atom stereocenters. The maximum atomic E-state index is 12.7. The molecule has 3 rings (SSSR count). The molecule has 0 spiro atoms. The van der Waals surface area contributed by atoms with Crippen molar-refractivity contribution in [3.8, 4) is 11.3 Å². The van der Waals surface area contributed by atoms with Gasteiger partial charge in [-0.2, -0.15) is 0 Å². The zero-order chi connectivity index (χ0) is 21.0. The number of hydrogen-bond acceptors (Lipinski definition) is 6. The number of thiazole rings is 1. The lowest BCUT2D eigenvalue weighted by Crippen LogP contribution is -2.58. The summed E-state index contributed by atoms with van der Waals surface area (Å²) in [6.07, 6.45) is 2.34. The highest BCUT2D eigenvalue weighted by atomic mass is 32.2. The molecule has 29 heavy (non-hydrogen) atoms. The summed E-state index contributed by atoms with van der Waals surface area (Å²) in [5.41, 5.74) is 1.91. The zero-order valence-electron chi connectivity index (χ0n) is 16.9. The minimum Gasteiger partial charge on any atom is -0.447 e. The number of nitrogens with one attached hydrogen (secondary N) is 1. The first-order valence-electron chi connectivity index (χ1n) is 9.67. The number of ether oxygens (including phenoxy) is 1. The molecule has 2 atom stereocenters. The van der Waals surface area contributed by atoms with E-state index >= 15 is 0 Å². The number of rotatable bonds is 6. The molecule has 9 heteroatoms. The van der Waals surface area contributed by atoms with Gasteiger partial charge < -0.3 is 9.64 Å². The molecule has 0 aliphatic carbocycles. The van der Waals surface area contributed by atoms with Gasteiger partial charge in [0.05, 0.1) is 29.1 Å². The van der Waals surface area contributed by atoms with Crippen LogP contribution in [0.5, 0.6) is 0 Å². The van der Waals surface area contributed by atoms with Gasteiger partial charge in [-0.25, -0.2) is 22.9 Å². The van der Waals surface area contributed by atoms with Gasteiger partial charge >= 0.3 is 6.09 Å². The van der Waals surface area contributed by atoms with Gasteiger partial charge in [-0.1, -0.05) is 30.3 Å². The minimum atomic E-state index is -3.40. The van der Waals surface area contributed by atoms with Crippen LogP contribution >= 0.6 is 11.3 Å². The van der Waals surface area contributed by atoms with E-state index in [2.05, 4.69) is 4.72 Å². The Morgan fingerprint density at radius 1 is 1.34 bits per heavy atom. The van der Waals surface area contributed by atoms with Gasteiger partial charge in [0.25, 0.3) is 0 Å². The maximum Gasteiger partial charge on any atom is 0.410 e. The molecule has 1 N–H and O–H groups in total. The summed E-state index contributed by atoms with van der Waals surface area (Å²) in [6, 6.07) is 9.16. The van der Waals surface area contributed by atoms with Crippen LogP contribution in [0.4, 0.5) is 4.79 Å². The van der Waals surface area contributed by atoms with Gasteiger partial charge in [-0.15, -0.1) is 11.3 Å². The molecule has 1 aromatic heterocycles. The van der Waals surface area contributed by atoms with Crippen LogP contribution in [0.25, 0.3) is 11.3 Å². The number of hydrogen-bond donors (Lipinski definition) is 1. The van der Waals surface area contributed by atoms with Crippen LogP contribution in [0, 0.1) is 0 Å². The number of carbonyl (C=O) groups is 1. The minimum absolute atomic E-state index is 0.240. The highest BCUT2D eigenvalue weighted by Crippen LogP contribution is 2.27. The van der Waals surface area contributed by atoms with Crippen LogP contribution in [0.3, 0.4) is 0 Å². The van der Waals surface area contributed by atoms with Gasteiger partial charge in [-0.05, 0) is 26.7 Å². The van der Waals surface area contributed by atoms with Gasteiger partial charge in [0.1, 0.15) is 0 Å². The van der Waals surface area contributed by atoms with Crippen molar-refractivity contribution in [3.63, 3.8) is 0 Å². The highest BCUT2D eigenvalue weighted by molar-refractivity contribution is 7.88. The Bertz CT molecular complexity index is 928. The normalized spacial score (nSPS) is 20.1. The van der Waals surface area contributed by atoms with Gasteiger partial charge in [0, 0.05) is 30.0 Å². The lowest BCUT2D eigenvalue weighted by Gasteiger charge is -2.40. The molecular weight excluding hydrogens is 410 g/mol. The summed E-state index contributed by atoms with van der Waals surface area (Å²) in [6.45, 7) is 4.14. The number of carbonyl (C=O) groups excluding carboxylic acids is 1. The van der Waals surface area contributed by atoms with Gasteiger partial charge in [0.2, 0.25) is 10.0 Å². The quantitative estimate of drug-likeness (QED) is 0.749. The smallest absolute Gasteiger partial charge is 0.410 e. The Labute approximate surface area is 176 Å². The lowest BCUT2D eigenvalue weighted by molar-refractivity contribution is 0.0461. The summed E-state index contributed by atoms with van der Waals surface area (Å²) in [4.78, 5) is 19.0. The molecule has 1 aliphatic heterocycles. The van der Waals surface area contributed by atoms with Crippen molar-refractivity contribution in [2.45, 2.75) is 51.3 Å². The van der Waals surface area contributed by atoms with E-state index in [1.54, 1.807) is 18.7 Å². The average Bonchev–Trinajstić information content (AvgIpc) is 3.10. The fourth-order valence-electron chi connectivity index (χ4n) is 3.54. The second-order valence-electron chi connectivity index (χ2n) is 7.53. The number of aromatic nitrogens is 1. The Hall–Kier alpha value is -1.97. The second-order valence-corrected chi connectivity index (χ2v) is 10.3. The molecule has 0 bridgehead atoms. The molecule has 158 valence electrons. The SMILES string of the molecule is CC(C)OC(=O)N1CCC[C@@H](NS(C)(=O)=O)[C@H]1Cc1nc(-c2ccccc2)cs1. The summed E-state index contributed by atoms with van der Waals surface area (Å²) in [5, 5.41) is 2.85. The predicted octanol–water partition coefficient (Wildman–Crippen LogP) is 3.28. The monoisotopic (exact) mass is 437 g/mol. The van der Waals surface area contributed by atoms with Crippen molar-refractivity contribution in [2.75, 3.05) is 12.8 Å². The third kappa shape index (κ3) is 6.01. The van der Waals surface area contributed by atoms with Crippen LogP contribution in [0.1, 0.15) is 31.7 Å². The lowest BCUT2D eigenvalue weighted by atomic mass is 9.95. The van der Waals surface area contributed by atoms with E-state index in [0.717, 1.165) is 22.5 Å². The van der Waals surface area contributed by atoms with E-state index in [1.165, 1.54) is 11.3 Å². The Balaban J connectivity index is 1.84. The van der Waals surface area contributed by atoms with Crippen LogP contribution < -0.4 is 4.72 Å². The van der Waals surface area contributed by atoms with Crippen LogP contribution in [-0.2, 0) is 21.2 Å². The van der Waals surface area contributed by atoms with E-state index in [0.29, 0.717) is 25.8 Å². The van der Waals surface area contributed by atoms with Crippen LogP contribution in [0.15, 0.2) is 35.7 Å². The van der Waals surface area contributed by atoms with Crippen molar-refractivity contribution in [2.24, 2.45) is 0 Å². The number of nitrogens with zero attached hydrogens (tertiary/aromatic N) is 2. The van der Waals surface area contributed by atoms with Crippen molar-refractivity contribution in [3.05, 3.63) is 40.7 Å². The third-order valence-electron chi connectivity index (χ3n) is 4.72. The molecule has 2 aromatic rings. The summed E-state index contributed by atoms with van der Waals surface area (Å²) in [5.74, 6) is 0. The molecule has 1 aromatic carbocycles. The topological polar surface area (TPSA) is 88.6 Å². The molecule has 0 radical (unpaired) electrons. The first kappa shape index (κ1) is 21.7. The van der Waals surface area contributed by atoms with Crippen LogP contribution in [0.2, 0.25) is 0 Å². The van der Waals surface area contributed by atoms with Crippen molar-refractivity contribution in [1.82, 2.24) is 14.6 Å². The Kier molecular flexibility index (Phi) is 6.92. The summed E-state index contributed by atoms with van der Waals surface area (Å²) >= 11 is 1.52. The molecule has 1 saturated heterocycles. The Morgan fingerprint density at radius 2 is 2.07 bits per heavy atom. The average molecular weight is 438 g/mol. The van der Waals surface area contributed by atoms with Gasteiger partial charge in [0.15, 0.2) is 0 Å². The second kappa shape index (κ2) is 9.23. The molecule has 1 amide bonds. The number of amides is 1. The predicted molar refractivity (Wildman–Crippen MR) is 114 cm³/mol. The molecule has 1 aliphatic rings. The van der Waals surface area contributed by atoms with Crippen molar-refractivity contribution < 1.29 is 17.9 Å². The number of likely N-dealkylation sites (tertiary alicyclic amines) is 1. The van der Waals surface area contributed by atoms with E-state index < -0.39 is 16.1 Å². The first-order valence-corrected chi connectivity index (χ1v) is 12.4. The fourth-order valence-corrected chi connectivity index (χ4v) is 5.22. The Morgan fingerprint density at radius 3 is 2.72 bits per heavy atom.